The van der Waals surface area contributed by atoms with Gasteiger partial charge in [0, 0.05) is 11.1 Å². The highest BCUT2D eigenvalue weighted by Gasteiger charge is 2.22. The average molecular weight is 368 g/mol. The zero-order valence-corrected chi connectivity index (χ0v) is 16.1. The van der Waals surface area contributed by atoms with Crippen molar-refractivity contribution in [2.24, 2.45) is 0 Å². The van der Waals surface area contributed by atoms with Gasteiger partial charge in [-0.3, -0.25) is 4.79 Å². The molecule has 3 rings (SSSR count). The van der Waals surface area contributed by atoms with Gasteiger partial charge >= 0.3 is 0 Å². The molecule has 2 aromatic carbocycles. The number of nitrogens with one attached hydrogen (secondary N) is 1. The van der Waals surface area contributed by atoms with Crippen LogP contribution in [0.5, 0.6) is 0 Å². The van der Waals surface area contributed by atoms with Crippen molar-refractivity contribution in [3.8, 4) is 16.9 Å². The fourth-order valence-electron chi connectivity index (χ4n) is 2.70. The van der Waals surface area contributed by atoms with Crippen LogP contribution in [0.2, 0.25) is 5.02 Å². The number of aromatic nitrogens is 2. The van der Waals surface area contributed by atoms with E-state index in [2.05, 4.69) is 10.4 Å². The molecule has 26 heavy (non-hydrogen) atoms. The second-order valence-corrected chi connectivity index (χ2v) is 7.76. The van der Waals surface area contributed by atoms with E-state index in [0.29, 0.717) is 16.4 Å². The molecule has 5 heteroatoms. The molecule has 134 valence electrons. The maximum absolute atomic E-state index is 12.9. The van der Waals surface area contributed by atoms with Crippen molar-refractivity contribution in [1.29, 1.82) is 0 Å². The summed E-state index contributed by atoms with van der Waals surface area (Å²) in [7, 11) is 0. The van der Waals surface area contributed by atoms with Gasteiger partial charge in [-0.25, -0.2) is 4.68 Å². The van der Waals surface area contributed by atoms with E-state index in [9.17, 15) is 4.79 Å². The van der Waals surface area contributed by atoms with Gasteiger partial charge in [-0.1, -0.05) is 41.9 Å². The number of nitrogens with zero attached hydrogens (tertiary/aromatic N) is 2. The molecule has 0 spiro atoms. The summed E-state index contributed by atoms with van der Waals surface area (Å²) in [6.45, 7) is 7.87. The van der Waals surface area contributed by atoms with Crippen LogP contribution in [0.1, 0.15) is 36.8 Å². The second-order valence-electron chi connectivity index (χ2n) is 7.35. The molecule has 4 nitrogen and oxygen atoms in total. The number of rotatable bonds is 3. The van der Waals surface area contributed by atoms with Crippen molar-refractivity contribution >= 4 is 17.5 Å². The van der Waals surface area contributed by atoms with Crippen LogP contribution in [0, 0.1) is 6.92 Å². The molecule has 0 fully saturated rings. The lowest BCUT2D eigenvalue weighted by atomic mass is 10.1. The van der Waals surface area contributed by atoms with E-state index >= 15 is 0 Å². The Kier molecular flexibility index (Phi) is 4.88. The van der Waals surface area contributed by atoms with Crippen molar-refractivity contribution < 1.29 is 4.79 Å². The number of aryl methyl sites for hydroxylation is 1. The van der Waals surface area contributed by atoms with Gasteiger partial charge in [0.05, 0.1) is 16.4 Å². The Bertz CT molecular complexity index is 954. The maximum atomic E-state index is 12.9. The number of hydrogen-bond donors (Lipinski definition) is 1. The molecule has 1 aromatic heterocycles. The Morgan fingerprint density at radius 1 is 1.08 bits per heavy atom. The molecule has 0 saturated heterocycles. The zero-order valence-electron chi connectivity index (χ0n) is 15.4. The third kappa shape index (κ3) is 3.97. The monoisotopic (exact) mass is 367 g/mol. The molecule has 1 N–H and O–H groups in total. The van der Waals surface area contributed by atoms with E-state index in [0.717, 1.165) is 16.8 Å². The highest BCUT2D eigenvalue weighted by molar-refractivity contribution is 6.33. The topological polar surface area (TPSA) is 46.9 Å². The largest absolute Gasteiger partial charge is 0.346 e. The van der Waals surface area contributed by atoms with E-state index in [1.54, 1.807) is 10.7 Å². The van der Waals surface area contributed by atoms with Crippen LogP contribution >= 0.6 is 11.6 Å². The first kappa shape index (κ1) is 18.2. The number of benzene rings is 2. The number of carbonyl (C=O) groups excluding carboxylic acids is 1. The lowest BCUT2D eigenvalue weighted by molar-refractivity contribution is 0.0911. The summed E-state index contributed by atoms with van der Waals surface area (Å²) in [5.41, 5.74) is 3.52. The van der Waals surface area contributed by atoms with Crippen molar-refractivity contribution in [2.45, 2.75) is 33.2 Å². The van der Waals surface area contributed by atoms with Crippen LogP contribution in [0.15, 0.2) is 54.6 Å². The Hall–Kier alpha value is -2.59. The van der Waals surface area contributed by atoms with E-state index in [1.165, 1.54) is 0 Å². The lowest BCUT2D eigenvalue weighted by Gasteiger charge is -2.20. The number of carbonyl (C=O) groups is 1. The van der Waals surface area contributed by atoms with Gasteiger partial charge in [-0.15, -0.1) is 0 Å². The molecular weight excluding hydrogens is 346 g/mol. The van der Waals surface area contributed by atoms with Crippen LogP contribution in [0.4, 0.5) is 0 Å². The summed E-state index contributed by atoms with van der Waals surface area (Å²) >= 11 is 6.33. The van der Waals surface area contributed by atoms with Crippen LogP contribution in [0.3, 0.4) is 0 Å². The normalized spacial score (nSPS) is 11.4. The summed E-state index contributed by atoms with van der Waals surface area (Å²) in [5, 5.41) is 8.28. The minimum Gasteiger partial charge on any atom is -0.346 e. The summed E-state index contributed by atoms with van der Waals surface area (Å²) in [6, 6.07) is 17.2. The predicted octanol–water partition coefficient (Wildman–Crippen LogP) is 5.03. The Morgan fingerprint density at radius 3 is 2.46 bits per heavy atom. The molecule has 0 aliphatic heterocycles. The van der Waals surface area contributed by atoms with Gasteiger partial charge in [0.1, 0.15) is 5.69 Å². The lowest BCUT2D eigenvalue weighted by Crippen LogP contribution is -2.41. The first-order valence-electron chi connectivity index (χ1n) is 8.49. The Morgan fingerprint density at radius 2 is 1.81 bits per heavy atom. The SMILES string of the molecule is Cc1cccc(-n2nc(-c3ccccc3Cl)cc2C(=O)NC(C)(C)C)c1. The molecule has 0 unspecified atom stereocenters. The third-order valence-electron chi connectivity index (χ3n) is 3.83. The van der Waals surface area contributed by atoms with Gasteiger partial charge in [0.15, 0.2) is 0 Å². The molecule has 0 radical (unpaired) electrons. The molecule has 0 saturated carbocycles. The van der Waals surface area contributed by atoms with Crippen LogP contribution in [-0.4, -0.2) is 21.2 Å². The van der Waals surface area contributed by atoms with Crippen molar-refractivity contribution in [3.05, 3.63) is 70.9 Å². The van der Waals surface area contributed by atoms with Crippen LogP contribution in [0.25, 0.3) is 16.9 Å². The summed E-state index contributed by atoms with van der Waals surface area (Å²) in [6.07, 6.45) is 0. The predicted molar refractivity (Wildman–Crippen MR) is 106 cm³/mol. The quantitative estimate of drug-likeness (QED) is 0.705. The van der Waals surface area contributed by atoms with E-state index in [-0.39, 0.29) is 11.4 Å². The molecule has 0 bridgehead atoms. The maximum Gasteiger partial charge on any atom is 0.270 e. The standard InChI is InChI=1S/C21H22ClN3O/c1-14-8-7-9-15(12-14)25-19(20(26)23-21(2,3)4)13-18(24-25)16-10-5-6-11-17(16)22/h5-13H,1-4H3,(H,23,26). The van der Waals surface area contributed by atoms with E-state index < -0.39 is 0 Å². The Labute approximate surface area is 158 Å². The fourth-order valence-corrected chi connectivity index (χ4v) is 2.94. The smallest absolute Gasteiger partial charge is 0.270 e. The first-order chi connectivity index (χ1) is 12.2. The summed E-state index contributed by atoms with van der Waals surface area (Å²) < 4.78 is 1.67. The van der Waals surface area contributed by atoms with Crippen molar-refractivity contribution in [2.75, 3.05) is 0 Å². The van der Waals surface area contributed by atoms with Crippen LogP contribution in [-0.2, 0) is 0 Å². The van der Waals surface area contributed by atoms with Gasteiger partial charge in [-0.2, -0.15) is 5.10 Å². The first-order valence-corrected chi connectivity index (χ1v) is 8.87. The molecule has 1 heterocycles. The van der Waals surface area contributed by atoms with Gasteiger partial charge in [-0.05, 0) is 57.5 Å². The minimum absolute atomic E-state index is 0.176. The van der Waals surface area contributed by atoms with Crippen molar-refractivity contribution in [3.63, 3.8) is 0 Å². The molecule has 0 atom stereocenters. The molecule has 1 amide bonds. The molecular formula is C21H22ClN3O. The fraction of sp³-hybridized carbons (Fsp3) is 0.238. The van der Waals surface area contributed by atoms with Crippen molar-refractivity contribution in [1.82, 2.24) is 15.1 Å². The van der Waals surface area contributed by atoms with Crippen LogP contribution < -0.4 is 5.32 Å². The summed E-state index contributed by atoms with van der Waals surface area (Å²) in [5.74, 6) is -0.176. The van der Waals surface area contributed by atoms with E-state index in [4.69, 9.17) is 11.6 Å². The molecule has 3 aromatic rings. The summed E-state index contributed by atoms with van der Waals surface area (Å²) in [4.78, 5) is 12.9. The third-order valence-corrected chi connectivity index (χ3v) is 4.16. The van der Waals surface area contributed by atoms with Gasteiger partial charge in [0.2, 0.25) is 0 Å². The van der Waals surface area contributed by atoms with E-state index in [1.807, 2.05) is 76.2 Å². The number of halogens is 1. The molecule has 0 aliphatic carbocycles. The minimum atomic E-state index is -0.344. The van der Waals surface area contributed by atoms with Gasteiger partial charge in [0.25, 0.3) is 5.91 Å². The number of amides is 1. The average Bonchev–Trinajstić information content (AvgIpc) is 2.99. The second kappa shape index (κ2) is 6.96. The molecule has 0 aliphatic rings. The Balaban J connectivity index is 2.15. The highest BCUT2D eigenvalue weighted by Crippen LogP contribution is 2.28. The van der Waals surface area contributed by atoms with Gasteiger partial charge < -0.3 is 5.32 Å². The highest BCUT2D eigenvalue weighted by atomic mass is 35.5. The number of hydrogen-bond acceptors (Lipinski definition) is 2. The zero-order chi connectivity index (χ0) is 18.9.